The van der Waals surface area contributed by atoms with Crippen LogP contribution in [0.3, 0.4) is 0 Å². The van der Waals surface area contributed by atoms with Crippen molar-refractivity contribution in [2.45, 2.75) is 38.3 Å². The Kier molecular flexibility index (Phi) is 4.98. The van der Waals surface area contributed by atoms with Crippen molar-refractivity contribution in [1.82, 2.24) is 4.90 Å². The van der Waals surface area contributed by atoms with Gasteiger partial charge in [-0.05, 0) is 30.5 Å². The highest BCUT2D eigenvalue weighted by atomic mass is 35.5. The first-order valence-electron chi connectivity index (χ1n) is 6.58. The SMILES string of the molecule is NCCN(Cc1ccc(Cl)c(F)c1)C1CCCC1. The largest absolute Gasteiger partial charge is 0.329 e. The molecule has 0 bridgehead atoms. The second-order valence-corrected chi connectivity index (χ2v) is 5.35. The monoisotopic (exact) mass is 270 g/mol. The molecule has 1 aromatic carbocycles. The third-order valence-corrected chi connectivity index (χ3v) is 3.93. The van der Waals surface area contributed by atoms with Crippen LogP contribution in [0.25, 0.3) is 0 Å². The lowest BCUT2D eigenvalue weighted by molar-refractivity contribution is 0.195. The van der Waals surface area contributed by atoms with Gasteiger partial charge in [-0.25, -0.2) is 4.39 Å². The van der Waals surface area contributed by atoms with Crippen LogP contribution < -0.4 is 5.73 Å². The average Bonchev–Trinajstić information content (AvgIpc) is 2.87. The van der Waals surface area contributed by atoms with E-state index < -0.39 is 0 Å². The Morgan fingerprint density at radius 3 is 2.67 bits per heavy atom. The van der Waals surface area contributed by atoms with Crippen LogP contribution in [0, 0.1) is 5.82 Å². The Labute approximate surface area is 113 Å². The fourth-order valence-corrected chi connectivity index (χ4v) is 2.82. The van der Waals surface area contributed by atoms with Crippen molar-refractivity contribution in [1.29, 1.82) is 0 Å². The van der Waals surface area contributed by atoms with Crippen LogP contribution in [0.5, 0.6) is 0 Å². The van der Waals surface area contributed by atoms with Crippen LogP contribution in [0.15, 0.2) is 18.2 Å². The summed E-state index contributed by atoms with van der Waals surface area (Å²) in [5.74, 6) is -0.340. The van der Waals surface area contributed by atoms with Crippen molar-refractivity contribution in [3.63, 3.8) is 0 Å². The van der Waals surface area contributed by atoms with Crippen molar-refractivity contribution in [3.8, 4) is 0 Å². The maximum Gasteiger partial charge on any atom is 0.142 e. The molecule has 2 N–H and O–H groups in total. The van der Waals surface area contributed by atoms with Crippen LogP contribution in [0.4, 0.5) is 4.39 Å². The van der Waals surface area contributed by atoms with Gasteiger partial charge in [0.25, 0.3) is 0 Å². The topological polar surface area (TPSA) is 29.3 Å². The highest BCUT2D eigenvalue weighted by Crippen LogP contribution is 2.25. The third kappa shape index (κ3) is 3.44. The Morgan fingerprint density at radius 1 is 1.33 bits per heavy atom. The molecular weight excluding hydrogens is 251 g/mol. The van der Waals surface area contributed by atoms with E-state index in [-0.39, 0.29) is 10.8 Å². The molecule has 0 aromatic heterocycles. The molecule has 0 unspecified atom stereocenters. The van der Waals surface area contributed by atoms with E-state index in [0.717, 1.165) is 18.7 Å². The minimum Gasteiger partial charge on any atom is -0.329 e. The van der Waals surface area contributed by atoms with Crippen molar-refractivity contribution in [3.05, 3.63) is 34.6 Å². The Morgan fingerprint density at radius 2 is 2.06 bits per heavy atom. The molecule has 0 atom stereocenters. The maximum absolute atomic E-state index is 13.4. The zero-order valence-corrected chi connectivity index (χ0v) is 11.3. The van der Waals surface area contributed by atoms with Crippen molar-refractivity contribution in [2.75, 3.05) is 13.1 Å². The fourth-order valence-electron chi connectivity index (χ4n) is 2.70. The minimum atomic E-state index is -0.340. The first-order valence-corrected chi connectivity index (χ1v) is 6.96. The molecule has 0 amide bonds. The van der Waals surface area contributed by atoms with E-state index in [0.29, 0.717) is 12.6 Å². The summed E-state index contributed by atoms with van der Waals surface area (Å²) in [4.78, 5) is 2.37. The highest BCUT2D eigenvalue weighted by Gasteiger charge is 2.22. The summed E-state index contributed by atoms with van der Waals surface area (Å²) in [6.45, 7) is 2.28. The zero-order chi connectivity index (χ0) is 13.0. The summed E-state index contributed by atoms with van der Waals surface area (Å²) < 4.78 is 13.4. The molecule has 4 heteroatoms. The molecule has 0 saturated heterocycles. The van der Waals surface area contributed by atoms with Gasteiger partial charge in [0.15, 0.2) is 0 Å². The molecule has 0 heterocycles. The molecule has 1 aliphatic carbocycles. The first-order chi connectivity index (χ1) is 8.70. The van der Waals surface area contributed by atoms with Gasteiger partial charge >= 0.3 is 0 Å². The van der Waals surface area contributed by atoms with Crippen LogP contribution in [0.1, 0.15) is 31.2 Å². The number of rotatable bonds is 5. The van der Waals surface area contributed by atoms with Gasteiger partial charge in [0.1, 0.15) is 5.82 Å². The molecule has 18 heavy (non-hydrogen) atoms. The molecule has 100 valence electrons. The molecule has 1 fully saturated rings. The molecular formula is C14H20ClFN2. The van der Waals surface area contributed by atoms with Gasteiger partial charge < -0.3 is 5.73 Å². The molecule has 0 aliphatic heterocycles. The molecule has 1 aromatic rings. The third-order valence-electron chi connectivity index (χ3n) is 3.63. The summed E-state index contributed by atoms with van der Waals surface area (Å²) in [6.07, 6.45) is 5.05. The Hall–Kier alpha value is -0.640. The van der Waals surface area contributed by atoms with Gasteiger partial charge in [0.2, 0.25) is 0 Å². The standard InChI is InChI=1S/C14H20ClFN2/c15-13-6-5-11(9-14(13)16)10-18(8-7-17)12-3-1-2-4-12/h5-6,9,12H,1-4,7-8,10,17H2. The Balaban J connectivity index is 2.04. The van der Waals surface area contributed by atoms with Crippen molar-refractivity contribution >= 4 is 11.6 Å². The normalized spacial score (nSPS) is 16.7. The second-order valence-electron chi connectivity index (χ2n) is 4.95. The lowest BCUT2D eigenvalue weighted by Gasteiger charge is -2.28. The average molecular weight is 271 g/mol. The molecule has 0 radical (unpaired) electrons. The molecule has 0 spiro atoms. The van der Waals surface area contributed by atoms with Gasteiger partial charge in [-0.1, -0.05) is 30.5 Å². The quantitative estimate of drug-likeness (QED) is 0.890. The van der Waals surface area contributed by atoms with Gasteiger partial charge in [0, 0.05) is 25.7 Å². The van der Waals surface area contributed by atoms with Crippen molar-refractivity contribution in [2.24, 2.45) is 5.73 Å². The van der Waals surface area contributed by atoms with Gasteiger partial charge in [-0.2, -0.15) is 0 Å². The van der Waals surface area contributed by atoms with Gasteiger partial charge in [-0.15, -0.1) is 0 Å². The van der Waals surface area contributed by atoms with E-state index >= 15 is 0 Å². The fraction of sp³-hybridized carbons (Fsp3) is 0.571. The van der Waals surface area contributed by atoms with Crippen molar-refractivity contribution < 1.29 is 4.39 Å². The van der Waals surface area contributed by atoms with E-state index in [1.807, 2.05) is 6.07 Å². The van der Waals surface area contributed by atoms with Crippen LogP contribution in [-0.4, -0.2) is 24.0 Å². The van der Waals surface area contributed by atoms with Gasteiger partial charge in [0.05, 0.1) is 5.02 Å². The van der Waals surface area contributed by atoms with Crippen LogP contribution in [0.2, 0.25) is 5.02 Å². The Bertz CT molecular complexity index is 391. The summed E-state index contributed by atoms with van der Waals surface area (Å²) in [7, 11) is 0. The smallest absolute Gasteiger partial charge is 0.142 e. The van der Waals surface area contributed by atoms with E-state index in [1.165, 1.54) is 31.7 Å². The zero-order valence-electron chi connectivity index (χ0n) is 10.5. The van der Waals surface area contributed by atoms with E-state index in [4.69, 9.17) is 17.3 Å². The maximum atomic E-state index is 13.4. The number of hydrogen-bond donors (Lipinski definition) is 1. The molecule has 1 aliphatic rings. The van der Waals surface area contributed by atoms with E-state index in [1.54, 1.807) is 6.07 Å². The molecule has 2 rings (SSSR count). The summed E-state index contributed by atoms with van der Waals surface area (Å²) in [5, 5.41) is 0.185. The number of halogens is 2. The predicted octanol–water partition coefficient (Wildman–Crippen LogP) is 3.18. The molecule has 1 saturated carbocycles. The lowest BCUT2D eigenvalue weighted by Crippen LogP contribution is -2.36. The predicted molar refractivity (Wildman–Crippen MR) is 73.1 cm³/mol. The van der Waals surface area contributed by atoms with E-state index in [2.05, 4.69) is 4.90 Å². The summed E-state index contributed by atoms with van der Waals surface area (Å²) in [5.41, 5.74) is 6.64. The lowest BCUT2D eigenvalue weighted by atomic mass is 10.1. The summed E-state index contributed by atoms with van der Waals surface area (Å²) >= 11 is 5.70. The highest BCUT2D eigenvalue weighted by molar-refractivity contribution is 6.30. The minimum absolute atomic E-state index is 0.185. The number of hydrogen-bond acceptors (Lipinski definition) is 2. The molecule has 2 nitrogen and oxygen atoms in total. The second kappa shape index (κ2) is 6.50. The summed E-state index contributed by atoms with van der Waals surface area (Å²) in [6, 6.07) is 5.65. The van der Waals surface area contributed by atoms with Crippen LogP contribution in [-0.2, 0) is 6.54 Å². The number of benzene rings is 1. The number of nitrogens with two attached hydrogens (primary N) is 1. The first kappa shape index (κ1) is 13.8. The number of nitrogens with zero attached hydrogens (tertiary/aromatic N) is 1. The van der Waals surface area contributed by atoms with Crippen LogP contribution >= 0.6 is 11.6 Å². The van der Waals surface area contributed by atoms with E-state index in [9.17, 15) is 4.39 Å². The van der Waals surface area contributed by atoms with Gasteiger partial charge in [-0.3, -0.25) is 4.90 Å².